The zero-order valence-corrected chi connectivity index (χ0v) is 8.29. The minimum Gasteiger partial charge on any atom is -0.269 e. The van der Waals surface area contributed by atoms with Crippen molar-refractivity contribution in [3.63, 3.8) is 0 Å². The summed E-state index contributed by atoms with van der Waals surface area (Å²) in [6.07, 6.45) is 9.52. The highest BCUT2D eigenvalue weighted by molar-refractivity contribution is 5.13. The molecule has 0 aliphatic heterocycles. The van der Waals surface area contributed by atoms with Gasteiger partial charge < -0.3 is 0 Å². The minimum absolute atomic E-state index is 0.806. The van der Waals surface area contributed by atoms with Crippen molar-refractivity contribution in [2.75, 3.05) is 0 Å². The van der Waals surface area contributed by atoms with Gasteiger partial charge in [-0.25, -0.2) is 0 Å². The molecule has 0 N–H and O–H groups in total. The summed E-state index contributed by atoms with van der Waals surface area (Å²) in [5.41, 5.74) is 1.41. The first-order chi connectivity index (χ1) is 6.42. The fraction of sp³-hybridized carbons (Fsp3) is 0.727. The molecule has 0 saturated heterocycles. The first-order valence-electron chi connectivity index (χ1n) is 5.35. The first-order valence-corrected chi connectivity index (χ1v) is 5.35. The van der Waals surface area contributed by atoms with E-state index in [1.54, 1.807) is 0 Å². The fourth-order valence-corrected chi connectivity index (χ4v) is 1.70. The SMILES string of the molecule is CCCCCn1n[c]cc1C1CC1. The van der Waals surface area contributed by atoms with Gasteiger partial charge in [0.1, 0.15) is 6.20 Å². The van der Waals surface area contributed by atoms with Crippen molar-refractivity contribution < 1.29 is 0 Å². The van der Waals surface area contributed by atoms with Gasteiger partial charge in [0.05, 0.1) is 0 Å². The second-order valence-corrected chi connectivity index (χ2v) is 3.90. The summed E-state index contributed by atoms with van der Waals surface area (Å²) < 4.78 is 2.15. The van der Waals surface area contributed by atoms with E-state index in [1.807, 2.05) is 0 Å². The molecule has 13 heavy (non-hydrogen) atoms. The highest BCUT2D eigenvalue weighted by Gasteiger charge is 2.26. The maximum Gasteiger partial charge on any atom is 0.113 e. The molecule has 1 aromatic heterocycles. The molecule has 0 atom stereocenters. The quantitative estimate of drug-likeness (QED) is 0.632. The first kappa shape index (κ1) is 8.79. The van der Waals surface area contributed by atoms with Gasteiger partial charge in [-0.3, -0.25) is 4.68 Å². The van der Waals surface area contributed by atoms with Crippen LogP contribution in [0.25, 0.3) is 0 Å². The van der Waals surface area contributed by atoms with E-state index in [0.29, 0.717) is 0 Å². The van der Waals surface area contributed by atoms with Crippen LogP contribution in [-0.4, -0.2) is 9.78 Å². The molecule has 1 aromatic rings. The molecule has 2 heteroatoms. The van der Waals surface area contributed by atoms with Crippen LogP contribution in [0.5, 0.6) is 0 Å². The molecule has 1 fully saturated rings. The normalized spacial score (nSPS) is 16.4. The molecule has 71 valence electrons. The Hall–Kier alpha value is -0.790. The molecule has 0 bridgehead atoms. The predicted octanol–water partition coefficient (Wildman–Crippen LogP) is 2.75. The van der Waals surface area contributed by atoms with E-state index in [9.17, 15) is 0 Å². The highest BCUT2D eigenvalue weighted by Crippen LogP contribution is 2.39. The van der Waals surface area contributed by atoms with Gasteiger partial charge in [-0.05, 0) is 25.3 Å². The van der Waals surface area contributed by atoms with Crippen molar-refractivity contribution >= 4 is 0 Å². The van der Waals surface area contributed by atoms with E-state index in [4.69, 9.17) is 0 Å². The van der Waals surface area contributed by atoms with Crippen molar-refractivity contribution in [2.45, 2.75) is 51.5 Å². The van der Waals surface area contributed by atoms with Gasteiger partial charge in [-0.15, -0.1) is 0 Å². The standard InChI is InChI=1S/C11H17N2/c1-2-3-4-9-13-11(7-8-12-13)10-5-6-10/h7,10H,2-6,9H2,1H3. The zero-order chi connectivity index (χ0) is 9.10. The van der Waals surface area contributed by atoms with E-state index in [0.717, 1.165) is 12.5 Å². The van der Waals surface area contributed by atoms with Gasteiger partial charge in [0.15, 0.2) is 0 Å². The van der Waals surface area contributed by atoms with Crippen molar-refractivity contribution in [2.24, 2.45) is 0 Å². The third kappa shape index (κ3) is 2.11. The van der Waals surface area contributed by atoms with E-state index in [1.165, 1.54) is 37.8 Å². The molecule has 1 heterocycles. The number of aryl methyl sites for hydroxylation is 1. The van der Waals surface area contributed by atoms with Crippen molar-refractivity contribution in [1.29, 1.82) is 0 Å². The highest BCUT2D eigenvalue weighted by atomic mass is 15.3. The van der Waals surface area contributed by atoms with Gasteiger partial charge in [0.25, 0.3) is 0 Å². The van der Waals surface area contributed by atoms with Crippen molar-refractivity contribution in [1.82, 2.24) is 9.78 Å². The lowest BCUT2D eigenvalue weighted by Crippen LogP contribution is -2.03. The van der Waals surface area contributed by atoms with Crippen molar-refractivity contribution in [3.05, 3.63) is 18.0 Å². The summed E-state index contributed by atoms with van der Waals surface area (Å²) in [6.45, 7) is 3.32. The lowest BCUT2D eigenvalue weighted by Gasteiger charge is -2.05. The van der Waals surface area contributed by atoms with Crippen LogP contribution in [0.2, 0.25) is 0 Å². The van der Waals surface area contributed by atoms with Crippen LogP contribution in [0.15, 0.2) is 6.07 Å². The zero-order valence-electron chi connectivity index (χ0n) is 8.29. The predicted molar refractivity (Wildman–Crippen MR) is 52.6 cm³/mol. The fourth-order valence-electron chi connectivity index (χ4n) is 1.70. The van der Waals surface area contributed by atoms with Crippen LogP contribution in [0, 0.1) is 6.20 Å². The van der Waals surface area contributed by atoms with Crippen LogP contribution < -0.4 is 0 Å². The molecule has 0 spiro atoms. The topological polar surface area (TPSA) is 17.8 Å². The largest absolute Gasteiger partial charge is 0.269 e. The average Bonchev–Trinajstić information content (AvgIpc) is 2.88. The Labute approximate surface area is 80.0 Å². The second-order valence-electron chi connectivity index (χ2n) is 3.90. The Morgan fingerprint density at radius 3 is 3.08 bits per heavy atom. The van der Waals surface area contributed by atoms with Crippen LogP contribution in [0.1, 0.15) is 50.6 Å². The summed E-state index contributed by atoms with van der Waals surface area (Å²) in [7, 11) is 0. The molecule has 1 aliphatic rings. The molecular formula is C11H17N2. The van der Waals surface area contributed by atoms with E-state index in [-0.39, 0.29) is 0 Å². The Balaban J connectivity index is 1.90. The summed E-state index contributed by atoms with van der Waals surface area (Å²) in [5, 5.41) is 4.24. The molecule has 1 aliphatic carbocycles. The second kappa shape index (κ2) is 3.95. The number of aromatic nitrogens is 2. The molecular weight excluding hydrogens is 160 g/mol. The van der Waals surface area contributed by atoms with Crippen LogP contribution in [0.3, 0.4) is 0 Å². The van der Waals surface area contributed by atoms with E-state index < -0.39 is 0 Å². The Kier molecular flexibility index (Phi) is 2.67. The van der Waals surface area contributed by atoms with Gasteiger partial charge >= 0.3 is 0 Å². The lowest BCUT2D eigenvalue weighted by atomic mass is 10.2. The Morgan fingerprint density at radius 1 is 1.54 bits per heavy atom. The summed E-state index contributed by atoms with van der Waals surface area (Å²) >= 11 is 0. The lowest BCUT2D eigenvalue weighted by molar-refractivity contribution is 0.533. The van der Waals surface area contributed by atoms with Crippen LogP contribution in [-0.2, 0) is 6.54 Å². The molecule has 0 unspecified atom stereocenters. The third-order valence-corrected chi connectivity index (χ3v) is 2.66. The summed E-state index contributed by atoms with van der Waals surface area (Å²) in [6, 6.07) is 2.06. The number of nitrogens with zero attached hydrogens (tertiary/aromatic N) is 2. The minimum atomic E-state index is 0.806. The maximum absolute atomic E-state index is 4.24. The van der Waals surface area contributed by atoms with Gasteiger partial charge in [0, 0.05) is 18.2 Å². The summed E-state index contributed by atoms with van der Waals surface area (Å²) in [5.74, 6) is 0.806. The van der Waals surface area contributed by atoms with Crippen LogP contribution in [0.4, 0.5) is 0 Å². The Morgan fingerprint density at radius 2 is 2.38 bits per heavy atom. The van der Waals surface area contributed by atoms with Crippen LogP contribution >= 0.6 is 0 Å². The number of hydrogen-bond acceptors (Lipinski definition) is 1. The van der Waals surface area contributed by atoms with Crippen molar-refractivity contribution in [3.8, 4) is 0 Å². The number of rotatable bonds is 5. The molecule has 2 rings (SSSR count). The van der Waals surface area contributed by atoms with Gasteiger partial charge in [-0.1, -0.05) is 19.8 Å². The molecule has 0 aromatic carbocycles. The Bertz CT molecular complexity index is 261. The third-order valence-electron chi connectivity index (χ3n) is 2.66. The molecule has 2 nitrogen and oxygen atoms in total. The van der Waals surface area contributed by atoms with Gasteiger partial charge in [-0.2, -0.15) is 5.10 Å². The molecule has 1 saturated carbocycles. The molecule has 0 amide bonds. The molecule has 1 radical (unpaired) electrons. The monoisotopic (exact) mass is 177 g/mol. The number of unbranched alkanes of at least 4 members (excludes halogenated alkanes) is 2. The maximum atomic E-state index is 4.24. The van der Waals surface area contributed by atoms with Gasteiger partial charge in [0.2, 0.25) is 0 Å². The van der Waals surface area contributed by atoms with E-state index >= 15 is 0 Å². The smallest absolute Gasteiger partial charge is 0.113 e. The summed E-state index contributed by atoms with van der Waals surface area (Å²) in [4.78, 5) is 0. The van der Waals surface area contributed by atoms with E-state index in [2.05, 4.69) is 29.0 Å². The number of hydrogen-bond donors (Lipinski definition) is 0. The average molecular weight is 177 g/mol.